The lowest BCUT2D eigenvalue weighted by Gasteiger charge is -2.31. The zero-order chi connectivity index (χ0) is 12.5. The number of ketones is 1. The van der Waals surface area contributed by atoms with E-state index in [1.54, 1.807) is 14.0 Å². The van der Waals surface area contributed by atoms with Crippen LogP contribution in [-0.2, 0) is 14.3 Å². The van der Waals surface area contributed by atoms with Gasteiger partial charge < -0.3 is 14.4 Å². The molecule has 0 saturated carbocycles. The normalized spacial score (nSPS) is 21.6. The van der Waals surface area contributed by atoms with E-state index in [-0.39, 0.29) is 5.92 Å². The Bertz CT molecular complexity index is 221. The predicted molar refractivity (Wildman–Crippen MR) is 67.2 cm³/mol. The summed E-state index contributed by atoms with van der Waals surface area (Å²) in [6.07, 6.45) is 3.14. The van der Waals surface area contributed by atoms with Crippen LogP contribution in [-0.4, -0.2) is 57.2 Å². The summed E-state index contributed by atoms with van der Waals surface area (Å²) in [4.78, 5) is 13.7. The van der Waals surface area contributed by atoms with Crippen molar-refractivity contribution in [3.63, 3.8) is 0 Å². The van der Waals surface area contributed by atoms with Crippen molar-refractivity contribution < 1.29 is 14.3 Å². The second kappa shape index (κ2) is 8.61. The smallest absolute Gasteiger partial charge is 0.134 e. The van der Waals surface area contributed by atoms with Gasteiger partial charge in [-0.15, -0.1) is 0 Å². The molecule has 0 amide bonds. The first-order chi connectivity index (χ1) is 8.24. The predicted octanol–water partition coefficient (Wildman–Crippen LogP) is 1.34. The highest BCUT2D eigenvalue weighted by atomic mass is 16.5. The highest BCUT2D eigenvalue weighted by molar-refractivity contribution is 5.78. The first-order valence-electron chi connectivity index (χ1n) is 6.53. The van der Waals surface area contributed by atoms with E-state index >= 15 is 0 Å². The molecule has 1 atom stereocenters. The summed E-state index contributed by atoms with van der Waals surface area (Å²) in [5.41, 5.74) is 0. The standard InChI is InChI=1S/C13H25NO3/c1-12(15)13-5-3-6-14(11-13)7-10-17-9-4-8-16-2/h13H,3-11H2,1-2H3. The molecule has 1 aliphatic rings. The number of hydrogen-bond donors (Lipinski definition) is 0. The van der Waals surface area contributed by atoms with Crippen molar-refractivity contribution in [2.45, 2.75) is 26.2 Å². The van der Waals surface area contributed by atoms with Crippen LogP contribution in [0.1, 0.15) is 26.2 Å². The largest absolute Gasteiger partial charge is 0.385 e. The maximum absolute atomic E-state index is 11.3. The summed E-state index contributed by atoms with van der Waals surface area (Å²) in [7, 11) is 1.70. The van der Waals surface area contributed by atoms with Gasteiger partial charge in [-0.2, -0.15) is 0 Å². The van der Waals surface area contributed by atoms with Crippen LogP contribution >= 0.6 is 0 Å². The first kappa shape index (κ1) is 14.6. The van der Waals surface area contributed by atoms with Crippen molar-refractivity contribution >= 4 is 5.78 Å². The monoisotopic (exact) mass is 243 g/mol. The molecular formula is C13H25NO3. The number of Topliss-reactive ketones (excluding diaryl/α,β-unsaturated/α-hetero) is 1. The fourth-order valence-electron chi connectivity index (χ4n) is 2.19. The summed E-state index contributed by atoms with van der Waals surface area (Å²) in [6.45, 7) is 6.94. The van der Waals surface area contributed by atoms with Crippen LogP contribution in [0.5, 0.6) is 0 Å². The van der Waals surface area contributed by atoms with E-state index in [9.17, 15) is 4.79 Å². The minimum absolute atomic E-state index is 0.247. The van der Waals surface area contributed by atoms with Crippen molar-refractivity contribution in [2.75, 3.05) is 46.6 Å². The van der Waals surface area contributed by atoms with Crippen LogP contribution < -0.4 is 0 Å². The molecule has 0 aromatic rings. The van der Waals surface area contributed by atoms with Crippen molar-refractivity contribution in [3.8, 4) is 0 Å². The Labute approximate surface area is 104 Å². The van der Waals surface area contributed by atoms with E-state index in [2.05, 4.69) is 4.90 Å². The van der Waals surface area contributed by atoms with Gasteiger partial charge in [0, 0.05) is 39.3 Å². The fraction of sp³-hybridized carbons (Fsp3) is 0.923. The molecule has 4 heteroatoms. The summed E-state index contributed by atoms with van der Waals surface area (Å²) in [5.74, 6) is 0.577. The number of rotatable bonds is 8. The van der Waals surface area contributed by atoms with Gasteiger partial charge in [0.1, 0.15) is 5.78 Å². The minimum Gasteiger partial charge on any atom is -0.385 e. The lowest BCUT2D eigenvalue weighted by molar-refractivity contribution is -0.122. The number of carbonyl (C=O) groups is 1. The molecule has 1 saturated heterocycles. The van der Waals surface area contributed by atoms with Crippen LogP contribution in [0.4, 0.5) is 0 Å². The van der Waals surface area contributed by atoms with Crippen molar-refractivity contribution in [3.05, 3.63) is 0 Å². The van der Waals surface area contributed by atoms with E-state index in [0.717, 1.165) is 58.7 Å². The molecule has 1 heterocycles. The quantitative estimate of drug-likeness (QED) is 0.603. The molecule has 0 aromatic heterocycles. The van der Waals surface area contributed by atoms with Crippen LogP contribution in [0.15, 0.2) is 0 Å². The summed E-state index contributed by atoms with van der Waals surface area (Å²) < 4.78 is 10.5. The molecule has 100 valence electrons. The minimum atomic E-state index is 0.247. The first-order valence-corrected chi connectivity index (χ1v) is 6.53. The van der Waals surface area contributed by atoms with Gasteiger partial charge in [-0.3, -0.25) is 4.79 Å². The third-order valence-corrected chi connectivity index (χ3v) is 3.27. The molecule has 0 bridgehead atoms. The van der Waals surface area contributed by atoms with E-state index in [0.29, 0.717) is 5.78 Å². The van der Waals surface area contributed by atoms with Gasteiger partial charge in [-0.1, -0.05) is 0 Å². The third kappa shape index (κ3) is 6.15. The summed E-state index contributed by atoms with van der Waals surface area (Å²) in [5, 5.41) is 0. The second-order valence-electron chi connectivity index (χ2n) is 4.71. The average molecular weight is 243 g/mol. The zero-order valence-corrected chi connectivity index (χ0v) is 11.1. The molecular weight excluding hydrogens is 218 g/mol. The Morgan fingerprint density at radius 2 is 2.18 bits per heavy atom. The number of likely N-dealkylation sites (tertiary alicyclic amines) is 1. The van der Waals surface area contributed by atoms with E-state index in [1.807, 2.05) is 0 Å². The van der Waals surface area contributed by atoms with Gasteiger partial charge >= 0.3 is 0 Å². The molecule has 4 nitrogen and oxygen atoms in total. The van der Waals surface area contributed by atoms with Gasteiger partial charge in [0.2, 0.25) is 0 Å². The van der Waals surface area contributed by atoms with Crippen LogP contribution in [0.25, 0.3) is 0 Å². The lowest BCUT2D eigenvalue weighted by Crippen LogP contribution is -2.39. The molecule has 1 aliphatic heterocycles. The molecule has 1 fully saturated rings. The van der Waals surface area contributed by atoms with Gasteiger partial charge in [0.25, 0.3) is 0 Å². The fourth-order valence-corrected chi connectivity index (χ4v) is 2.19. The lowest BCUT2D eigenvalue weighted by atomic mass is 9.95. The molecule has 1 rings (SSSR count). The Morgan fingerprint density at radius 3 is 2.88 bits per heavy atom. The van der Waals surface area contributed by atoms with Gasteiger partial charge in [-0.05, 0) is 32.7 Å². The number of methoxy groups -OCH3 is 1. The van der Waals surface area contributed by atoms with Crippen LogP contribution in [0.3, 0.4) is 0 Å². The van der Waals surface area contributed by atoms with E-state index in [1.165, 1.54) is 0 Å². The highest BCUT2D eigenvalue weighted by Crippen LogP contribution is 2.16. The van der Waals surface area contributed by atoms with Gasteiger partial charge in [-0.25, -0.2) is 0 Å². The number of carbonyl (C=O) groups excluding carboxylic acids is 1. The Hall–Kier alpha value is -0.450. The Morgan fingerprint density at radius 1 is 1.35 bits per heavy atom. The average Bonchev–Trinajstić information content (AvgIpc) is 2.34. The number of ether oxygens (including phenoxy) is 2. The molecule has 0 N–H and O–H groups in total. The number of nitrogens with zero attached hydrogens (tertiary/aromatic N) is 1. The molecule has 0 spiro atoms. The highest BCUT2D eigenvalue weighted by Gasteiger charge is 2.22. The maximum atomic E-state index is 11.3. The van der Waals surface area contributed by atoms with E-state index < -0.39 is 0 Å². The Kier molecular flexibility index (Phi) is 7.40. The van der Waals surface area contributed by atoms with Crippen LogP contribution in [0, 0.1) is 5.92 Å². The number of hydrogen-bond acceptors (Lipinski definition) is 4. The molecule has 1 unspecified atom stereocenters. The van der Waals surface area contributed by atoms with Gasteiger partial charge in [0.15, 0.2) is 0 Å². The molecule has 0 aromatic carbocycles. The molecule has 0 radical (unpaired) electrons. The number of piperidine rings is 1. The SMILES string of the molecule is COCCCOCCN1CCCC(C(C)=O)C1. The topological polar surface area (TPSA) is 38.8 Å². The maximum Gasteiger partial charge on any atom is 0.134 e. The second-order valence-corrected chi connectivity index (χ2v) is 4.71. The molecule has 17 heavy (non-hydrogen) atoms. The van der Waals surface area contributed by atoms with Crippen molar-refractivity contribution in [2.24, 2.45) is 5.92 Å². The zero-order valence-electron chi connectivity index (χ0n) is 11.1. The van der Waals surface area contributed by atoms with Crippen molar-refractivity contribution in [1.82, 2.24) is 4.90 Å². The van der Waals surface area contributed by atoms with Gasteiger partial charge in [0.05, 0.1) is 6.61 Å². The third-order valence-electron chi connectivity index (χ3n) is 3.27. The van der Waals surface area contributed by atoms with E-state index in [4.69, 9.17) is 9.47 Å². The van der Waals surface area contributed by atoms with Crippen molar-refractivity contribution in [1.29, 1.82) is 0 Å². The summed E-state index contributed by atoms with van der Waals surface area (Å²) >= 11 is 0. The molecule has 0 aliphatic carbocycles. The van der Waals surface area contributed by atoms with Crippen LogP contribution in [0.2, 0.25) is 0 Å². The Balaban J connectivity index is 2.04. The summed E-state index contributed by atoms with van der Waals surface area (Å²) in [6, 6.07) is 0.